The highest BCUT2D eigenvalue weighted by Crippen LogP contribution is 2.65. The van der Waals surface area contributed by atoms with Gasteiger partial charge in [-0.25, -0.2) is 4.90 Å². The molecule has 4 aromatic carbocycles. The van der Waals surface area contributed by atoms with Crippen LogP contribution in [0.15, 0.2) is 115 Å². The molecule has 2 aliphatic heterocycles. The fourth-order valence-electron chi connectivity index (χ4n) is 8.67. The first-order valence-electron chi connectivity index (χ1n) is 16.2. The van der Waals surface area contributed by atoms with Gasteiger partial charge in [0, 0.05) is 22.6 Å². The van der Waals surface area contributed by atoms with E-state index in [1.54, 1.807) is 48.5 Å². The Morgan fingerprint density at radius 3 is 2.27 bits per heavy atom. The smallest absolute Gasteiger partial charge is 0.257 e. The molecular weight excluding hydrogens is 644 g/mol. The lowest BCUT2D eigenvalue weighted by Gasteiger charge is -2.50. The Morgan fingerprint density at radius 1 is 0.816 bits per heavy atom. The highest BCUT2D eigenvalue weighted by Gasteiger charge is 2.70. The molecule has 0 spiro atoms. The van der Waals surface area contributed by atoms with Crippen LogP contribution in [-0.2, 0) is 31.2 Å². The Hall–Kier alpha value is -5.25. The Kier molecular flexibility index (Phi) is 7.42. The summed E-state index contributed by atoms with van der Waals surface area (Å²) in [6.45, 7) is 0.269. The number of halogens is 1. The molecule has 2 saturated heterocycles. The SMILES string of the molecule is O=C1C2CC=C3C(CC4C(=O)N(c5cccc(Cl)c5)C(=O)C4(c4ccccc4)C3c3ccc(OCc4ccccc4)cc3O)C2C(=O)N1O. The number of nitrogens with zero attached hydrogens (tertiary/aromatic N) is 2. The number of rotatable bonds is 6. The highest BCUT2D eigenvalue weighted by atomic mass is 35.5. The predicted octanol–water partition coefficient (Wildman–Crippen LogP) is 6.18. The van der Waals surface area contributed by atoms with Crippen molar-refractivity contribution in [2.45, 2.75) is 30.8 Å². The van der Waals surface area contributed by atoms with Crippen LogP contribution in [0, 0.1) is 23.7 Å². The van der Waals surface area contributed by atoms with Crippen LogP contribution in [0.25, 0.3) is 0 Å². The number of anilines is 1. The van der Waals surface area contributed by atoms with Crippen LogP contribution in [0.1, 0.15) is 35.4 Å². The average molecular weight is 675 g/mol. The minimum absolute atomic E-state index is 0.0753. The maximum Gasteiger partial charge on any atom is 0.257 e. The molecule has 49 heavy (non-hydrogen) atoms. The lowest BCUT2D eigenvalue weighted by Crippen LogP contribution is -2.53. The minimum Gasteiger partial charge on any atom is -0.508 e. The van der Waals surface area contributed by atoms with E-state index in [0.29, 0.717) is 33.2 Å². The molecule has 2 N–H and O–H groups in total. The van der Waals surface area contributed by atoms with Gasteiger partial charge >= 0.3 is 0 Å². The van der Waals surface area contributed by atoms with Crippen molar-refractivity contribution in [2.24, 2.45) is 23.7 Å². The number of benzene rings is 4. The van der Waals surface area contributed by atoms with E-state index in [2.05, 4.69) is 0 Å². The lowest BCUT2D eigenvalue weighted by molar-refractivity contribution is -0.173. The van der Waals surface area contributed by atoms with Gasteiger partial charge in [-0.1, -0.05) is 96.0 Å². The van der Waals surface area contributed by atoms with Crippen molar-refractivity contribution in [1.29, 1.82) is 0 Å². The van der Waals surface area contributed by atoms with Gasteiger partial charge in [-0.05, 0) is 54.2 Å². The molecule has 2 aliphatic carbocycles. The van der Waals surface area contributed by atoms with Crippen LogP contribution >= 0.6 is 11.6 Å². The van der Waals surface area contributed by atoms with Crippen molar-refractivity contribution in [3.05, 3.63) is 136 Å². The Morgan fingerprint density at radius 2 is 1.55 bits per heavy atom. The van der Waals surface area contributed by atoms with Crippen LogP contribution < -0.4 is 9.64 Å². The van der Waals surface area contributed by atoms with Gasteiger partial charge in [-0.15, -0.1) is 0 Å². The number of aromatic hydroxyl groups is 1. The third kappa shape index (κ3) is 4.64. The fraction of sp³-hybridized carbons (Fsp3) is 0.231. The summed E-state index contributed by atoms with van der Waals surface area (Å²) in [5.74, 6) is -6.39. The number of ether oxygens (including phenoxy) is 1. The number of hydroxylamine groups is 2. The second-order valence-electron chi connectivity index (χ2n) is 13.1. The van der Waals surface area contributed by atoms with Gasteiger partial charge in [0.15, 0.2) is 0 Å². The molecule has 4 aliphatic rings. The zero-order valence-corrected chi connectivity index (χ0v) is 26.9. The molecule has 6 atom stereocenters. The number of imide groups is 2. The second-order valence-corrected chi connectivity index (χ2v) is 13.5. The number of phenols is 1. The van der Waals surface area contributed by atoms with E-state index in [-0.39, 0.29) is 30.3 Å². The van der Waals surface area contributed by atoms with Crippen LogP contribution in [0.2, 0.25) is 5.02 Å². The van der Waals surface area contributed by atoms with Crippen LogP contribution in [0.3, 0.4) is 0 Å². The Balaban J connectivity index is 1.33. The quantitative estimate of drug-likeness (QED) is 0.142. The summed E-state index contributed by atoms with van der Waals surface area (Å²) >= 11 is 6.35. The van der Waals surface area contributed by atoms with E-state index in [1.165, 1.54) is 11.0 Å². The predicted molar refractivity (Wildman–Crippen MR) is 179 cm³/mol. The van der Waals surface area contributed by atoms with Gasteiger partial charge in [-0.2, -0.15) is 5.06 Å². The number of amides is 4. The van der Waals surface area contributed by atoms with Gasteiger partial charge in [0.25, 0.3) is 11.8 Å². The normalized spacial score (nSPS) is 27.5. The molecule has 246 valence electrons. The highest BCUT2D eigenvalue weighted by molar-refractivity contribution is 6.32. The van der Waals surface area contributed by atoms with Crippen LogP contribution in [0.4, 0.5) is 5.69 Å². The van der Waals surface area contributed by atoms with Crippen molar-refractivity contribution in [3.8, 4) is 11.5 Å². The zero-order chi connectivity index (χ0) is 34.0. The lowest BCUT2D eigenvalue weighted by atomic mass is 9.49. The molecule has 1 saturated carbocycles. The topological polar surface area (TPSA) is 124 Å². The molecular formula is C39H31ClN2O7. The van der Waals surface area contributed by atoms with E-state index < -0.39 is 58.6 Å². The van der Waals surface area contributed by atoms with E-state index in [0.717, 1.165) is 5.56 Å². The maximum atomic E-state index is 15.2. The summed E-state index contributed by atoms with van der Waals surface area (Å²) in [5, 5.41) is 22.8. The molecule has 2 heterocycles. The maximum absolute atomic E-state index is 15.2. The summed E-state index contributed by atoms with van der Waals surface area (Å²) in [7, 11) is 0. The van der Waals surface area contributed by atoms with Gasteiger partial charge in [0.1, 0.15) is 18.1 Å². The first-order valence-corrected chi connectivity index (χ1v) is 16.5. The van der Waals surface area contributed by atoms with E-state index in [4.69, 9.17) is 16.3 Å². The first-order chi connectivity index (χ1) is 23.7. The van der Waals surface area contributed by atoms with Crippen molar-refractivity contribution in [3.63, 3.8) is 0 Å². The molecule has 4 amide bonds. The van der Waals surface area contributed by atoms with Crippen LogP contribution in [-0.4, -0.2) is 39.0 Å². The number of allylic oxidation sites excluding steroid dienone is 2. The third-order valence-electron chi connectivity index (χ3n) is 10.7. The second kappa shape index (κ2) is 11.7. The van der Waals surface area contributed by atoms with E-state index in [9.17, 15) is 24.7 Å². The first kappa shape index (κ1) is 31.0. The number of fused-ring (bicyclic) bond motifs is 4. The van der Waals surface area contributed by atoms with Crippen molar-refractivity contribution >= 4 is 40.9 Å². The Labute approximate surface area is 286 Å². The molecule has 6 unspecified atom stereocenters. The van der Waals surface area contributed by atoms with Crippen LogP contribution in [0.5, 0.6) is 11.5 Å². The molecule has 4 aromatic rings. The number of carbonyl (C=O) groups excluding carboxylic acids is 4. The summed E-state index contributed by atoms with van der Waals surface area (Å²) < 4.78 is 6.01. The molecule has 0 aromatic heterocycles. The number of phenolic OH excluding ortho intramolecular Hbond substituents is 1. The number of hydrogen-bond donors (Lipinski definition) is 2. The monoisotopic (exact) mass is 674 g/mol. The van der Waals surface area contributed by atoms with Gasteiger partial charge in [-0.3, -0.25) is 24.4 Å². The standard InChI is InChI=1S/C39H31ClN2O7/c40-24-12-7-13-25(18-24)41-36(45)31-20-30-27(16-17-29-33(30)37(46)42(48)35(29)44)34(39(31,38(41)47)23-10-5-2-6-11-23)28-15-14-26(19-32(28)43)49-21-22-8-3-1-4-9-22/h1-16,18-19,29-31,33-34,43,48H,17,20-21H2. The van der Waals surface area contributed by atoms with Gasteiger partial charge in [0.05, 0.1) is 28.9 Å². The molecule has 8 rings (SSSR count). The zero-order valence-electron chi connectivity index (χ0n) is 26.1. The summed E-state index contributed by atoms with van der Waals surface area (Å²) in [6, 6.07) is 30.1. The summed E-state index contributed by atoms with van der Waals surface area (Å²) in [6.07, 6.45) is 2.09. The van der Waals surface area contributed by atoms with Crippen molar-refractivity contribution in [1.82, 2.24) is 5.06 Å². The number of hydrogen-bond acceptors (Lipinski definition) is 7. The number of carbonyl (C=O) groups is 4. The molecule has 0 radical (unpaired) electrons. The average Bonchev–Trinajstić information content (AvgIpc) is 3.48. The Bertz CT molecular complexity index is 2050. The van der Waals surface area contributed by atoms with E-state index >= 15 is 4.79 Å². The minimum atomic E-state index is -1.54. The largest absolute Gasteiger partial charge is 0.508 e. The third-order valence-corrected chi connectivity index (χ3v) is 10.9. The van der Waals surface area contributed by atoms with Gasteiger partial charge in [0.2, 0.25) is 11.8 Å². The van der Waals surface area contributed by atoms with Crippen molar-refractivity contribution in [2.75, 3.05) is 4.90 Å². The van der Waals surface area contributed by atoms with Crippen molar-refractivity contribution < 1.29 is 34.2 Å². The van der Waals surface area contributed by atoms with Gasteiger partial charge < -0.3 is 9.84 Å². The summed E-state index contributed by atoms with van der Waals surface area (Å²) in [4.78, 5) is 57.5. The molecule has 0 bridgehead atoms. The molecule has 9 nitrogen and oxygen atoms in total. The molecule has 3 fully saturated rings. The van der Waals surface area contributed by atoms with E-state index in [1.807, 2.05) is 54.6 Å². The summed E-state index contributed by atoms with van der Waals surface area (Å²) in [5.41, 5.74) is 1.34. The fourth-order valence-corrected chi connectivity index (χ4v) is 8.85. The molecule has 10 heteroatoms.